The van der Waals surface area contributed by atoms with Gasteiger partial charge < -0.3 is 10.8 Å². The fourth-order valence-corrected chi connectivity index (χ4v) is 2.03. The summed E-state index contributed by atoms with van der Waals surface area (Å²) >= 11 is 0. The normalized spacial score (nSPS) is 10.6. The zero-order chi connectivity index (χ0) is 14.1. The molecule has 0 aliphatic carbocycles. The van der Waals surface area contributed by atoms with E-state index in [0.29, 0.717) is 22.6 Å². The summed E-state index contributed by atoms with van der Waals surface area (Å²) in [5.74, 6) is 0.284. The van der Waals surface area contributed by atoms with Gasteiger partial charge in [-0.2, -0.15) is 5.26 Å². The fraction of sp³-hybridized carbons (Fsp3) is 0.0714. The summed E-state index contributed by atoms with van der Waals surface area (Å²) in [7, 11) is 0. The highest BCUT2D eigenvalue weighted by molar-refractivity contribution is 5.67. The number of aromatic nitrogens is 3. The molecule has 0 fully saturated rings. The number of aliphatic hydroxyl groups is 1. The molecule has 0 aliphatic heterocycles. The lowest BCUT2D eigenvalue weighted by atomic mass is 10.1. The summed E-state index contributed by atoms with van der Waals surface area (Å²) in [6.07, 6.45) is 1.65. The third kappa shape index (κ3) is 1.96. The number of aliphatic hydroxyl groups excluding tert-OH is 1. The van der Waals surface area contributed by atoms with E-state index in [1.165, 1.54) is 0 Å². The predicted molar refractivity (Wildman–Crippen MR) is 73.5 cm³/mol. The number of rotatable bonds is 2. The molecule has 3 N–H and O–H groups in total. The van der Waals surface area contributed by atoms with Gasteiger partial charge in [-0.3, -0.25) is 4.40 Å². The molecule has 0 saturated carbocycles. The van der Waals surface area contributed by atoms with E-state index in [-0.39, 0.29) is 12.6 Å². The molecule has 0 spiro atoms. The molecule has 6 heteroatoms. The van der Waals surface area contributed by atoms with Gasteiger partial charge in [0.2, 0.25) is 5.95 Å². The molecule has 3 rings (SSSR count). The van der Waals surface area contributed by atoms with Crippen LogP contribution in [0.2, 0.25) is 0 Å². The van der Waals surface area contributed by atoms with Crippen molar-refractivity contribution in [1.82, 2.24) is 14.4 Å². The standard InChI is InChI=1S/C14H11N5O/c15-6-9-2-1-3-10(4-9)12-5-13-17-11(8-20)7-19(13)14(16)18-12/h1-5,7,20H,8H2,(H2,16,18). The van der Waals surface area contributed by atoms with Gasteiger partial charge in [-0.25, -0.2) is 9.97 Å². The van der Waals surface area contributed by atoms with Gasteiger partial charge in [0, 0.05) is 17.8 Å². The minimum Gasteiger partial charge on any atom is -0.390 e. The average molecular weight is 265 g/mol. The Morgan fingerprint density at radius 1 is 1.30 bits per heavy atom. The predicted octanol–water partition coefficient (Wildman–Crippen LogP) is 1.34. The summed E-state index contributed by atoms with van der Waals surface area (Å²) in [6, 6.07) is 11.0. The Morgan fingerprint density at radius 2 is 2.15 bits per heavy atom. The molecule has 0 bridgehead atoms. The van der Waals surface area contributed by atoms with Crippen molar-refractivity contribution < 1.29 is 5.11 Å². The van der Waals surface area contributed by atoms with E-state index in [4.69, 9.17) is 16.1 Å². The van der Waals surface area contributed by atoms with Crippen LogP contribution in [-0.4, -0.2) is 19.5 Å². The second-order valence-corrected chi connectivity index (χ2v) is 4.31. The number of nitrogen functional groups attached to an aromatic ring is 1. The number of anilines is 1. The molecule has 0 unspecified atom stereocenters. The Bertz CT molecular complexity index is 831. The van der Waals surface area contributed by atoms with E-state index in [1.54, 1.807) is 34.9 Å². The third-order valence-electron chi connectivity index (χ3n) is 2.98. The van der Waals surface area contributed by atoms with Crippen LogP contribution in [0.15, 0.2) is 36.5 Å². The first-order chi connectivity index (χ1) is 9.71. The van der Waals surface area contributed by atoms with Gasteiger partial charge in [0.15, 0.2) is 0 Å². The Hall–Kier alpha value is -2.91. The van der Waals surface area contributed by atoms with Crippen LogP contribution in [0.3, 0.4) is 0 Å². The molecule has 2 aromatic heterocycles. The van der Waals surface area contributed by atoms with Gasteiger partial charge >= 0.3 is 0 Å². The summed E-state index contributed by atoms with van der Waals surface area (Å²) in [4.78, 5) is 8.55. The van der Waals surface area contributed by atoms with Crippen molar-refractivity contribution >= 4 is 11.6 Å². The van der Waals surface area contributed by atoms with Crippen molar-refractivity contribution in [1.29, 1.82) is 5.26 Å². The van der Waals surface area contributed by atoms with E-state index in [2.05, 4.69) is 16.0 Å². The number of fused-ring (bicyclic) bond motifs is 1. The first-order valence-corrected chi connectivity index (χ1v) is 5.97. The molecular weight excluding hydrogens is 254 g/mol. The first kappa shape index (κ1) is 12.1. The van der Waals surface area contributed by atoms with Gasteiger partial charge in [0.05, 0.1) is 29.6 Å². The Balaban J connectivity index is 2.19. The number of hydrogen-bond acceptors (Lipinski definition) is 5. The number of nitriles is 1. The average Bonchev–Trinajstić information content (AvgIpc) is 2.91. The molecule has 98 valence electrons. The number of hydrogen-bond donors (Lipinski definition) is 2. The van der Waals surface area contributed by atoms with Crippen LogP contribution in [0.5, 0.6) is 0 Å². The molecule has 2 heterocycles. The number of imidazole rings is 1. The second kappa shape index (κ2) is 4.64. The van der Waals surface area contributed by atoms with Crippen LogP contribution in [0.25, 0.3) is 16.9 Å². The van der Waals surface area contributed by atoms with Crippen molar-refractivity contribution in [3.8, 4) is 17.3 Å². The topological polar surface area (TPSA) is 100 Å². The Morgan fingerprint density at radius 3 is 2.90 bits per heavy atom. The van der Waals surface area contributed by atoms with Crippen LogP contribution in [0.4, 0.5) is 5.95 Å². The Kier molecular flexibility index (Phi) is 2.82. The van der Waals surface area contributed by atoms with Crippen LogP contribution >= 0.6 is 0 Å². The van der Waals surface area contributed by atoms with Gasteiger partial charge in [0.1, 0.15) is 5.65 Å². The zero-order valence-corrected chi connectivity index (χ0v) is 10.5. The summed E-state index contributed by atoms with van der Waals surface area (Å²) in [5.41, 5.74) is 9.03. The van der Waals surface area contributed by atoms with Crippen LogP contribution in [0, 0.1) is 11.3 Å². The molecule has 0 atom stereocenters. The van der Waals surface area contributed by atoms with Gasteiger partial charge in [0.25, 0.3) is 0 Å². The van der Waals surface area contributed by atoms with Crippen LogP contribution in [-0.2, 0) is 6.61 Å². The smallest absolute Gasteiger partial charge is 0.206 e. The number of benzene rings is 1. The minimum absolute atomic E-state index is 0.152. The maximum Gasteiger partial charge on any atom is 0.206 e. The largest absolute Gasteiger partial charge is 0.390 e. The van der Waals surface area contributed by atoms with E-state index in [9.17, 15) is 0 Å². The Labute approximate surface area is 114 Å². The highest BCUT2D eigenvalue weighted by atomic mass is 16.3. The summed E-state index contributed by atoms with van der Waals surface area (Å²) in [5, 5.41) is 18.0. The van der Waals surface area contributed by atoms with E-state index in [1.807, 2.05) is 6.07 Å². The molecule has 20 heavy (non-hydrogen) atoms. The molecule has 0 amide bonds. The maximum absolute atomic E-state index is 9.11. The molecule has 0 saturated heterocycles. The first-order valence-electron chi connectivity index (χ1n) is 5.97. The van der Waals surface area contributed by atoms with Crippen LogP contribution in [0.1, 0.15) is 11.3 Å². The lowest BCUT2D eigenvalue weighted by molar-refractivity contribution is 0.277. The summed E-state index contributed by atoms with van der Waals surface area (Å²) < 4.78 is 1.61. The third-order valence-corrected chi connectivity index (χ3v) is 2.98. The van der Waals surface area contributed by atoms with Crippen molar-refractivity contribution in [2.75, 3.05) is 5.73 Å². The lowest BCUT2D eigenvalue weighted by Crippen LogP contribution is -2.01. The minimum atomic E-state index is -0.152. The number of nitrogens with two attached hydrogens (primary N) is 1. The maximum atomic E-state index is 9.11. The van der Waals surface area contributed by atoms with Crippen molar-refractivity contribution in [2.24, 2.45) is 0 Å². The van der Waals surface area contributed by atoms with E-state index < -0.39 is 0 Å². The lowest BCUT2D eigenvalue weighted by Gasteiger charge is -2.04. The van der Waals surface area contributed by atoms with E-state index >= 15 is 0 Å². The second-order valence-electron chi connectivity index (χ2n) is 4.31. The van der Waals surface area contributed by atoms with Crippen molar-refractivity contribution in [2.45, 2.75) is 6.61 Å². The quantitative estimate of drug-likeness (QED) is 0.728. The molecule has 0 radical (unpaired) electrons. The van der Waals surface area contributed by atoms with E-state index in [0.717, 1.165) is 5.56 Å². The van der Waals surface area contributed by atoms with Crippen molar-refractivity contribution in [3.05, 3.63) is 47.8 Å². The van der Waals surface area contributed by atoms with Crippen LogP contribution < -0.4 is 5.73 Å². The van der Waals surface area contributed by atoms with Gasteiger partial charge in [-0.15, -0.1) is 0 Å². The highest BCUT2D eigenvalue weighted by Crippen LogP contribution is 2.21. The molecule has 6 nitrogen and oxygen atoms in total. The zero-order valence-electron chi connectivity index (χ0n) is 10.5. The SMILES string of the molecule is N#Cc1cccc(-c2cc3nc(CO)cn3c(N)n2)c1. The molecule has 3 aromatic rings. The molecule has 1 aromatic carbocycles. The summed E-state index contributed by atoms with van der Waals surface area (Å²) in [6.45, 7) is -0.152. The molecule has 0 aliphatic rings. The molecular formula is C14H11N5O. The number of nitrogens with zero attached hydrogens (tertiary/aromatic N) is 4. The fourth-order valence-electron chi connectivity index (χ4n) is 2.03. The van der Waals surface area contributed by atoms with Gasteiger partial charge in [-0.1, -0.05) is 12.1 Å². The monoisotopic (exact) mass is 265 g/mol. The highest BCUT2D eigenvalue weighted by Gasteiger charge is 2.09. The van der Waals surface area contributed by atoms with Gasteiger partial charge in [-0.05, 0) is 12.1 Å². The van der Waals surface area contributed by atoms with Crippen molar-refractivity contribution in [3.63, 3.8) is 0 Å².